The van der Waals surface area contributed by atoms with Gasteiger partial charge in [0.15, 0.2) is 0 Å². The van der Waals surface area contributed by atoms with Gasteiger partial charge >= 0.3 is 0 Å². The van der Waals surface area contributed by atoms with E-state index >= 15 is 0 Å². The van der Waals surface area contributed by atoms with Crippen LogP contribution >= 0.6 is 0 Å². The number of aryl methyl sites for hydroxylation is 1. The molecule has 1 fully saturated rings. The van der Waals surface area contributed by atoms with Crippen molar-refractivity contribution in [3.8, 4) is 11.3 Å². The largest absolute Gasteiger partial charge is 0.275 e. The maximum absolute atomic E-state index is 11.7. The fourth-order valence-corrected chi connectivity index (χ4v) is 3.93. The summed E-state index contributed by atoms with van der Waals surface area (Å²) in [5.74, 6) is 0.289. The Hall–Kier alpha value is -1.80. The maximum atomic E-state index is 11.7. The Morgan fingerprint density at radius 2 is 2.13 bits per heavy atom. The molecule has 0 amide bonds. The summed E-state index contributed by atoms with van der Waals surface area (Å²) >= 11 is 0. The molecule has 0 radical (unpaired) electrons. The molecular formula is C15H21N5O2S. The third-order valence-corrected chi connectivity index (χ3v) is 5.40. The molecule has 8 heteroatoms. The monoisotopic (exact) mass is 335 g/mol. The summed E-state index contributed by atoms with van der Waals surface area (Å²) in [5, 5.41) is 4.15. The van der Waals surface area contributed by atoms with E-state index in [1.165, 1.54) is 6.26 Å². The summed E-state index contributed by atoms with van der Waals surface area (Å²) in [6.07, 6.45) is 11.1. The summed E-state index contributed by atoms with van der Waals surface area (Å²) < 4.78 is 26.7. The fraction of sp³-hybridized carbons (Fsp3) is 0.533. The molecule has 0 spiro atoms. The molecule has 124 valence electrons. The van der Waals surface area contributed by atoms with E-state index in [9.17, 15) is 8.42 Å². The first-order valence-corrected chi connectivity index (χ1v) is 9.52. The van der Waals surface area contributed by atoms with Gasteiger partial charge < -0.3 is 0 Å². The molecule has 1 aliphatic heterocycles. The lowest BCUT2D eigenvalue weighted by Gasteiger charge is -2.30. The highest BCUT2D eigenvalue weighted by Gasteiger charge is 2.26. The minimum atomic E-state index is -3.11. The van der Waals surface area contributed by atoms with E-state index in [1.54, 1.807) is 27.6 Å². The van der Waals surface area contributed by atoms with Gasteiger partial charge in [-0.25, -0.2) is 17.7 Å². The second kappa shape index (κ2) is 6.37. The molecule has 1 atom stereocenters. The second-order valence-electron chi connectivity index (χ2n) is 6.13. The first kappa shape index (κ1) is 16.1. The van der Waals surface area contributed by atoms with Crippen LogP contribution in [0.1, 0.15) is 18.5 Å². The average molecular weight is 335 g/mol. The third kappa shape index (κ3) is 3.94. The van der Waals surface area contributed by atoms with E-state index < -0.39 is 10.0 Å². The van der Waals surface area contributed by atoms with E-state index in [0.717, 1.165) is 36.2 Å². The van der Waals surface area contributed by atoms with Gasteiger partial charge in [0.2, 0.25) is 10.0 Å². The van der Waals surface area contributed by atoms with E-state index in [1.807, 2.05) is 13.2 Å². The topological polar surface area (TPSA) is 81.0 Å². The van der Waals surface area contributed by atoms with Crippen molar-refractivity contribution >= 4 is 10.0 Å². The Morgan fingerprint density at radius 3 is 2.83 bits per heavy atom. The molecular weight excluding hydrogens is 314 g/mol. The number of aromatic nitrogens is 4. The van der Waals surface area contributed by atoms with Crippen LogP contribution in [0, 0.1) is 5.92 Å². The van der Waals surface area contributed by atoms with E-state index in [-0.39, 0.29) is 5.92 Å². The van der Waals surface area contributed by atoms with Crippen molar-refractivity contribution in [2.75, 3.05) is 19.3 Å². The Labute approximate surface area is 136 Å². The summed E-state index contributed by atoms with van der Waals surface area (Å²) in [6, 6.07) is 0. The van der Waals surface area contributed by atoms with Gasteiger partial charge in [-0.15, -0.1) is 0 Å². The predicted octanol–water partition coefficient (Wildman–Crippen LogP) is 1.09. The molecule has 2 aromatic rings. The van der Waals surface area contributed by atoms with Crippen molar-refractivity contribution in [2.45, 2.75) is 19.3 Å². The van der Waals surface area contributed by atoms with Crippen molar-refractivity contribution in [3.63, 3.8) is 0 Å². The van der Waals surface area contributed by atoms with Crippen LogP contribution in [0.5, 0.6) is 0 Å². The second-order valence-corrected chi connectivity index (χ2v) is 8.11. The Kier molecular flexibility index (Phi) is 4.45. The summed E-state index contributed by atoms with van der Waals surface area (Å²) in [6.45, 7) is 1.19. The smallest absolute Gasteiger partial charge is 0.211 e. The number of piperidine rings is 1. The molecule has 1 unspecified atom stereocenters. The lowest BCUT2D eigenvalue weighted by atomic mass is 9.95. The SMILES string of the molecule is Cn1cc(-c2cncc(CC3CCCN(S(C)(=O)=O)C3)n2)cn1. The minimum Gasteiger partial charge on any atom is -0.275 e. The highest BCUT2D eigenvalue weighted by atomic mass is 32.2. The predicted molar refractivity (Wildman–Crippen MR) is 87.1 cm³/mol. The number of nitrogens with zero attached hydrogens (tertiary/aromatic N) is 5. The van der Waals surface area contributed by atoms with Crippen LogP contribution in [0.2, 0.25) is 0 Å². The lowest BCUT2D eigenvalue weighted by Crippen LogP contribution is -2.39. The number of hydrogen-bond acceptors (Lipinski definition) is 5. The zero-order valence-electron chi connectivity index (χ0n) is 13.4. The standard InChI is InChI=1S/C15H21N5O2S/c1-19-11-13(7-17-19)15-9-16-8-14(18-15)6-12-4-3-5-20(10-12)23(2,21)22/h7-9,11-12H,3-6,10H2,1-2H3. The van der Waals surface area contributed by atoms with Crippen molar-refractivity contribution in [1.82, 2.24) is 24.1 Å². The fourth-order valence-electron chi connectivity index (χ4n) is 2.99. The van der Waals surface area contributed by atoms with Crippen molar-refractivity contribution in [1.29, 1.82) is 0 Å². The highest BCUT2D eigenvalue weighted by Crippen LogP contribution is 2.23. The first-order valence-electron chi connectivity index (χ1n) is 7.67. The number of hydrogen-bond donors (Lipinski definition) is 0. The summed E-state index contributed by atoms with van der Waals surface area (Å²) in [4.78, 5) is 8.93. The zero-order valence-corrected chi connectivity index (χ0v) is 14.2. The van der Waals surface area contributed by atoms with Gasteiger partial charge in [0.25, 0.3) is 0 Å². The maximum Gasteiger partial charge on any atom is 0.211 e. The van der Waals surface area contributed by atoms with Gasteiger partial charge in [-0.1, -0.05) is 0 Å². The molecule has 0 bridgehead atoms. The first-order chi connectivity index (χ1) is 10.9. The van der Waals surface area contributed by atoms with Crippen LogP contribution in [0.4, 0.5) is 0 Å². The Morgan fingerprint density at radius 1 is 1.30 bits per heavy atom. The van der Waals surface area contributed by atoms with E-state index in [4.69, 9.17) is 0 Å². The van der Waals surface area contributed by atoms with Gasteiger partial charge in [-0.05, 0) is 25.2 Å². The van der Waals surface area contributed by atoms with Gasteiger partial charge in [-0.3, -0.25) is 9.67 Å². The van der Waals surface area contributed by atoms with E-state index in [0.29, 0.717) is 13.1 Å². The highest BCUT2D eigenvalue weighted by molar-refractivity contribution is 7.88. The lowest BCUT2D eigenvalue weighted by molar-refractivity contribution is 0.265. The minimum absolute atomic E-state index is 0.289. The van der Waals surface area contributed by atoms with Crippen LogP contribution in [0.25, 0.3) is 11.3 Å². The molecule has 7 nitrogen and oxygen atoms in total. The number of sulfonamides is 1. The van der Waals surface area contributed by atoms with Crippen molar-refractivity contribution in [2.24, 2.45) is 13.0 Å². The number of rotatable bonds is 4. The van der Waals surface area contributed by atoms with E-state index in [2.05, 4.69) is 15.1 Å². The zero-order chi connectivity index (χ0) is 16.4. The van der Waals surface area contributed by atoms with Crippen LogP contribution < -0.4 is 0 Å². The molecule has 1 saturated heterocycles. The molecule has 2 aromatic heterocycles. The van der Waals surface area contributed by atoms with Crippen LogP contribution in [0.3, 0.4) is 0 Å². The molecule has 0 aliphatic carbocycles. The normalized spacial score (nSPS) is 19.8. The van der Waals surface area contributed by atoms with Crippen LogP contribution in [-0.2, 0) is 23.5 Å². The molecule has 1 aliphatic rings. The third-order valence-electron chi connectivity index (χ3n) is 4.13. The van der Waals surface area contributed by atoms with Crippen LogP contribution in [-0.4, -0.2) is 51.8 Å². The van der Waals surface area contributed by atoms with Crippen molar-refractivity contribution < 1.29 is 8.42 Å². The van der Waals surface area contributed by atoms with Crippen molar-refractivity contribution in [3.05, 3.63) is 30.5 Å². The van der Waals surface area contributed by atoms with Gasteiger partial charge in [-0.2, -0.15) is 5.10 Å². The average Bonchev–Trinajstić information content (AvgIpc) is 2.94. The van der Waals surface area contributed by atoms with Gasteiger partial charge in [0.1, 0.15) is 0 Å². The molecule has 0 saturated carbocycles. The molecule has 3 heterocycles. The quantitative estimate of drug-likeness (QED) is 0.835. The van der Waals surface area contributed by atoms with Gasteiger partial charge in [0, 0.05) is 38.1 Å². The van der Waals surface area contributed by atoms with Gasteiger partial charge in [0.05, 0.1) is 30.0 Å². The Bertz CT molecular complexity index is 787. The summed E-state index contributed by atoms with van der Waals surface area (Å²) in [7, 11) is -1.25. The molecule has 3 rings (SSSR count). The molecule has 0 aromatic carbocycles. The Balaban J connectivity index is 1.73. The van der Waals surface area contributed by atoms with Crippen LogP contribution in [0.15, 0.2) is 24.8 Å². The molecule has 0 N–H and O–H groups in total. The summed E-state index contributed by atoms with van der Waals surface area (Å²) in [5.41, 5.74) is 2.63. The molecule has 23 heavy (non-hydrogen) atoms.